The molecule has 0 aromatic heterocycles. The van der Waals surface area contributed by atoms with Crippen LogP contribution in [0.3, 0.4) is 0 Å². The van der Waals surface area contributed by atoms with Crippen LogP contribution in [0.2, 0.25) is 0 Å². The summed E-state index contributed by atoms with van der Waals surface area (Å²) in [4.78, 5) is 37.8. The van der Waals surface area contributed by atoms with Crippen LogP contribution >= 0.6 is 0 Å². The van der Waals surface area contributed by atoms with Crippen LogP contribution in [-0.4, -0.2) is 78.2 Å². The number of imide groups is 1. The van der Waals surface area contributed by atoms with Gasteiger partial charge in [0.2, 0.25) is 5.91 Å². The molecule has 2 saturated heterocycles. The zero-order valence-electron chi connectivity index (χ0n) is 13.0. The molecule has 0 aromatic carbocycles. The number of ether oxygens (including phenoxy) is 1. The van der Waals surface area contributed by atoms with E-state index >= 15 is 0 Å². The Morgan fingerprint density at radius 1 is 1.50 bits per heavy atom. The summed E-state index contributed by atoms with van der Waals surface area (Å²) >= 11 is 0. The minimum absolute atomic E-state index is 0.0563. The molecule has 0 aliphatic carbocycles. The third-order valence-electron chi connectivity index (χ3n) is 4.55. The first-order valence-corrected chi connectivity index (χ1v) is 7.44. The molecule has 4 amide bonds. The van der Waals surface area contributed by atoms with Gasteiger partial charge in [-0.3, -0.25) is 14.5 Å². The fourth-order valence-corrected chi connectivity index (χ4v) is 2.89. The summed E-state index contributed by atoms with van der Waals surface area (Å²) in [6, 6.07) is -0.528. The molecule has 2 aliphatic heterocycles. The Morgan fingerprint density at radius 2 is 2.23 bits per heavy atom. The quantitative estimate of drug-likeness (QED) is 0.646. The molecule has 2 aliphatic rings. The fraction of sp³-hybridized carbons (Fsp3) is 0.786. The summed E-state index contributed by atoms with van der Waals surface area (Å²) in [5, 5.41) is 13.0. The highest BCUT2D eigenvalue weighted by Gasteiger charge is 2.40. The molecule has 8 heteroatoms. The minimum Gasteiger partial charge on any atom is -0.389 e. The maximum Gasteiger partial charge on any atom is 0.325 e. The van der Waals surface area contributed by atoms with E-state index in [4.69, 9.17) is 4.74 Å². The Hall–Kier alpha value is -1.67. The molecule has 2 fully saturated rings. The molecule has 2 heterocycles. The average molecular weight is 313 g/mol. The van der Waals surface area contributed by atoms with E-state index in [1.165, 1.54) is 0 Å². The lowest BCUT2D eigenvalue weighted by Crippen LogP contribution is -2.54. The first-order valence-electron chi connectivity index (χ1n) is 7.44. The van der Waals surface area contributed by atoms with E-state index in [1.54, 1.807) is 12.0 Å². The van der Waals surface area contributed by atoms with Crippen LogP contribution in [0.4, 0.5) is 4.79 Å². The van der Waals surface area contributed by atoms with Crippen molar-refractivity contribution in [1.29, 1.82) is 0 Å². The van der Waals surface area contributed by atoms with Crippen molar-refractivity contribution in [3.8, 4) is 0 Å². The van der Waals surface area contributed by atoms with Crippen LogP contribution in [0.5, 0.6) is 0 Å². The van der Waals surface area contributed by atoms with Gasteiger partial charge in [-0.1, -0.05) is 6.92 Å². The largest absolute Gasteiger partial charge is 0.389 e. The number of hydrogen-bond donors (Lipinski definition) is 2. The van der Waals surface area contributed by atoms with Crippen molar-refractivity contribution in [2.45, 2.75) is 25.4 Å². The van der Waals surface area contributed by atoms with Crippen LogP contribution in [0.15, 0.2) is 0 Å². The van der Waals surface area contributed by atoms with Gasteiger partial charge in [0.15, 0.2) is 0 Å². The molecule has 2 atom stereocenters. The van der Waals surface area contributed by atoms with Crippen molar-refractivity contribution in [3.63, 3.8) is 0 Å². The number of hydrogen-bond acceptors (Lipinski definition) is 5. The van der Waals surface area contributed by atoms with Gasteiger partial charge in [-0.05, 0) is 12.8 Å². The summed E-state index contributed by atoms with van der Waals surface area (Å²) in [7, 11) is 1.59. The molecule has 0 bridgehead atoms. The molecular formula is C14H23N3O5. The number of methoxy groups -OCH3 is 1. The number of aliphatic hydroxyl groups is 1. The lowest BCUT2D eigenvalue weighted by Gasteiger charge is -2.43. The minimum atomic E-state index is -0.840. The topological polar surface area (TPSA) is 99.2 Å². The lowest BCUT2D eigenvalue weighted by molar-refractivity contribution is -0.143. The summed E-state index contributed by atoms with van der Waals surface area (Å²) < 4.78 is 5.02. The van der Waals surface area contributed by atoms with Crippen LogP contribution < -0.4 is 5.32 Å². The Labute approximate surface area is 129 Å². The number of rotatable bonds is 5. The molecule has 0 saturated carbocycles. The van der Waals surface area contributed by atoms with E-state index in [-0.39, 0.29) is 30.8 Å². The smallest absolute Gasteiger partial charge is 0.325 e. The number of carbonyl (C=O) groups is 3. The third kappa shape index (κ3) is 3.38. The second-order valence-corrected chi connectivity index (χ2v) is 5.98. The Balaban J connectivity index is 1.91. The molecule has 8 nitrogen and oxygen atoms in total. The maximum absolute atomic E-state index is 12.3. The van der Waals surface area contributed by atoms with Crippen molar-refractivity contribution in [2.24, 2.45) is 5.92 Å². The van der Waals surface area contributed by atoms with Crippen molar-refractivity contribution >= 4 is 17.8 Å². The van der Waals surface area contributed by atoms with Gasteiger partial charge >= 0.3 is 6.03 Å². The van der Waals surface area contributed by atoms with Gasteiger partial charge in [-0.25, -0.2) is 4.79 Å². The lowest BCUT2D eigenvalue weighted by atomic mass is 9.80. The van der Waals surface area contributed by atoms with Gasteiger partial charge < -0.3 is 20.1 Å². The van der Waals surface area contributed by atoms with E-state index in [2.05, 4.69) is 5.32 Å². The number of carbonyl (C=O) groups excluding carboxylic acids is 3. The highest BCUT2D eigenvalue weighted by atomic mass is 16.5. The van der Waals surface area contributed by atoms with Crippen molar-refractivity contribution in [1.82, 2.24) is 15.1 Å². The zero-order valence-corrected chi connectivity index (χ0v) is 13.0. The van der Waals surface area contributed by atoms with Crippen LogP contribution in [0.25, 0.3) is 0 Å². The van der Waals surface area contributed by atoms with Gasteiger partial charge in [0.1, 0.15) is 6.54 Å². The van der Waals surface area contributed by atoms with Gasteiger partial charge in [0.05, 0.1) is 12.1 Å². The van der Waals surface area contributed by atoms with Crippen LogP contribution in [0, 0.1) is 5.92 Å². The molecule has 0 unspecified atom stereocenters. The second kappa shape index (κ2) is 6.62. The number of nitrogens with one attached hydrogen (secondary N) is 1. The predicted molar refractivity (Wildman–Crippen MR) is 76.9 cm³/mol. The maximum atomic E-state index is 12.3. The number of amides is 4. The molecule has 2 rings (SSSR count). The van der Waals surface area contributed by atoms with E-state index in [0.29, 0.717) is 32.5 Å². The van der Waals surface area contributed by atoms with Crippen molar-refractivity contribution in [2.75, 3.05) is 39.9 Å². The number of urea groups is 1. The Kier molecular flexibility index (Phi) is 5.02. The number of likely N-dealkylation sites (tertiary alicyclic amines) is 1. The number of nitrogens with zero attached hydrogens (tertiary/aromatic N) is 2. The van der Waals surface area contributed by atoms with Crippen LogP contribution in [0.1, 0.15) is 19.8 Å². The predicted octanol–water partition coefficient (Wildman–Crippen LogP) is -0.826. The van der Waals surface area contributed by atoms with Gasteiger partial charge in [-0.2, -0.15) is 0 Å². The summed E-state index contributed by atoms with van der Waals surface area (Å²) in [5.74, 6) is -0.755. The third-order valence-corrected chi connectivity index (χ3v) is 4.55. The van der Waals surface area contributed by atoms with Gasteiger partial charge in [0.25, 0.3) is 5.91 Å². The van der Waals surface area contributed by atoms with Crippen molar-refractivity contribution < 1.29 is 24.2 Å². The first-order chi connectivity index (χ1) is 10.4. The normalized spacial score (nSPS) is 29.0. The summed E-state index contributed by atoms with van der Waals surface area (Å²) in [6.07, 6.45) is 0.989. The van der Waals surface area contributed by atoms with Crippen LogP contribution in [-0.2, 0) is 14.3 Å². The highest BCUT2D eigenvalue weighted by molar-refractivity contribution is 6.04. The van der Waals surface area contributed by atoms with Gasteiger partial charge in [0, 0.05) is 32.7 Å². The molecule has 2 N–H and O–H groups in total. The van der Waals surface area contributed by atoms with Gasteiger partial charge in [-0.15, -0.1) is 0 Å². The molecule has 124 valence electrons. The second-order valence-electron chi connectivity index (χ2n) is 5.98. The molecule has 0 aromatic rings. The highest BCUT2D eigenvalue weighted by Crippen LogP contribution is 2.31. The SMILES string of the molecule is COCC[C@]1(O)CCN(C(=O)CN2C(=O)CNC2=O)C[C@H]1C. The zero-order chi connectivity index (χ0) is 16.3. The molecule has 22 heavy (non-hydrogen) atoms. The Morgan fingerprint density at radius 3 is 2.77 bits per heavy atom. The van der Waals surface area contributed by atoms with E-state index in [9.17, 15) is 19.5 Å². The molecule has 0 spiro atoms. The summed E-state index contributed by atoms with van der Waals surface area (Å²) in [5.41, 5.74) is -0.840. The number of piperidine rings is 1. The first kappa shape index (κ1) is 16.7. The summed E-state index contributed by atoms with van der Waals surface area (Å²) in [6.45, 7) is 2.88. The standard InChI is InChI=1S/C14H23N3O5/c1-10-8-16(5-3-14(10,21)4-6-22-2)12(19)9-17-11(18)7-15-13(17)20/h10,21H,3-9H2,1-2H3,(H,15,20)/t10-,14-/m1/s1. The van der Waals surface area contributed by atoms with E-state index in [0.717, 1.165) is 4.90 Å². The monoisotopic (exact) mass is 313 g/mol. The molecule has 0 radical (unpaired) electrons. The Bertz CT molecular complexity index is 453. The average Bonchev–Trinajstić information content (AvgIpc) is 2.80. The van der Waals surface area contributed by atoms with E-state index in [1.807, 2.05) is 6.92 Å². The van der Waals surface area contributed by atoms with E-state index < -0.39 is 11.6 Å². The molecular weight excluding hydrogens is 290 g/mol. The fourth-order valence-electron chi connectivity index (χ4n) is 2.89. The van der Waals surface area contributed by atoms with Crippen molar-refractivity contribution in [3.05, 3.63) is 0 Å².